The number of methoxy groups -OCH3 is 1. The van der Waals surface area contributed by atoms with Gasteiger partial charge in [0.25, 0.3) is 6.47 Å². The summed E-state index contributed by atoms with van der Waals surface area (Å²) in [5.74, 6) is 1.43. The normalized spacial score (nSPS) is 11.8. The van der Waals surface area contributed by atoms with Crippen LogP contribution in [0.4, 0.5) is 9.59 Å². The van der Waals surface area contributed by atoms with Crippen molar-refractivity contribution in [3.8, 4) is 0 Å². The van der Waals surface area contributed by atoms with E-state index in [9.17, 15) is 27.6 Å². The summed E-state index contributed by atoms with van der Waals surface area (Å²) in [7, 11) is -2.53. The van der Waals surface area contributed by atoms with Crippen LogP contribution in [0.5, 0.6) is 0 Å². The molecule has 0 saturated carbocycles. The molecule has 0 spiro atoms. The van der Waals surface area contributed by atoms with Gasteiger partial charge in [0.05, 0.1) is 29.8 Å². The number of carbonyl (C=O) groups excluding carboxylic acids is 13. The number of benzene rings is 2. The van der Waals surface area contributed by atoms with Gasteiger partial charge in [0.1, 0.15) is 17.5 Å². The summed E-state index contributed by atoms with van der Waals surface area (Å²) in [6.45, 7) is 56.2. The number of hydrogen-bond acceptors (Lipinski definition) is 27. The predicted molar refractivity (Wildman–Crippen MR) is 434 cm³/mol. The number of aliphatic imine (C=N–C) groups is 1. The van der Waals surface area contributed by atoms with Gasteiger partial charge in [-0.05, 0) is 197 Å². The van der Waals surface area contributed by atoms with Crippen LogP contribution in [0.1, 0.15) is 235 Å². The first-order chi connectivity index (χ1) is 52.9. The number of hydrogen-bond donors (Lipinski definition) is 2. The second-order valence-electron chi connectivity index (χ2n) is 27.8. The van der Waals surface area contributed by atoms with Gasteiger partial charge in [-0.3, -0.25) is 23.7 Å². The minimum atomic E-state index is -3.34. The van der Waals surface area contributed by atoms with E-state index < -0.39 is 50.9 Å². The van der Waals surface area contributed by atoms with Crippen molar-refractivity contribution in [3.63, 3.8) is 0 Å². The molecule has 642 valence electrons. The smallest absolute Gasteiger partial charge is 0.662 e. The Morgan fingerprint density at radius 1 is 0.698 bits per heavy atom. The molecule has 2 aliphatic heterocycles. The van der Waals surface area contributed by atoms with Crippen molar-refractivity contribution < 1.29 is 166 Å². The van der Waals surface area contributed by atoms with Crippen LogP contribution >= 0.6 is 15.9 Å². The van der Waals surface area contributed by atoms with E-state index in [1.54, 1.807) is 45.5 Å². The zero-order valence-corrected chi connectivity index (χ0v) is 78.3. The molecule has 0 aliphatic carbocycles. The third kappa shape index (κ3) is 68.5. The van der Waals surface area contributed by atoms with Gasteiger partial charge in [0.15, 0.2) is 9.84 Å². The van der Waals surface area contributed by atoms with Crippen LogP contribution in [0.25, 0.3) is 6.08 Å². The van der Waals surface area contributed by atoms with E-state index in [1.165, 1.54) is 43.2 Å². The average Bonchev–Trinajstić information content (AvgIpc) is 1.59. The fourth-order valence-corrected chi connectivity index (χ4v) is 9.88. The maximum Gasteiger partial charge on any atom is 1.00 e. The number of unbranched alkanes of at least 4 members (excludes halogenated alkanes) is 1. The van der Waals surface area contributed by atoms with Crippen LogP contribution in [-0.2, 0) is 107 Å². The summed E-state index contributed by atoms with van der Waals surface area (Å²) >= 11 is 2.74. The number of nitrogens with zero attached hydrogens (tertiary/aromatic N) is 3. The molecule has 0 unspecified atom stereocenters. The molecule has 30 nitrogen and oxygen atoms in total. The van der Waals surface area contributed by atoms with E-state index in [2.05, 4.69) is 124 Å². The molecular weight excluding hydrogens is 1620 g/mol. The molecule has 3 aromatic heterocycles. The Hall–Kier alpha value is -7.53. The second kappa shape index (κ2) is 76.2. The number of sulfone groups is 1. The molecular formula is C80H123BBrLiN5NaO25S2. The molecule has 5 aromatic rings. The number of aromatic nitrogens is 3. The summed E-state index contributed by atoms with van der Waals surface area (Å²) in [6.07, 6.45) is 9.64. The van der Waals surface area contributed by atoms with Gasteiger partial charge in [-0.15, -0.1) is 0 Å². The van der Waals surface area contributed by atoms with Gasteiger partial charge >= 0.3 is 110 Å². The first-order valence-electron chi connectivity index (χ1n) is 35.7. The maximum atomic E-state index is 12.7. The quantitative estimate of drug-likeness (QED) is 0.0167. The number of aryl methyl sites for hydroxylation is 3. The molecule has 0 amide bonds. The zero-order valence-electron chi connectivity index (χ0n) is 73.1. The number of esters is 1. The molecule has 0 radical (unpaired) electrons. The Bertz CT molecular complexity index is 3660. The van der Waals surface area contributed by atoms with Crippen molar-refractivity contribution in [3.05, 3.63) is 141 Å². The van der Waals surface area contributed by atoms with Crippen LogP contribution in [0.2, 0.25) is 0 Å². The molecule has 2 fully saturated rings. The second-order valence-corrected chi connectivity index (χ2v) is 30.6. The van der Waals surface area contributed by atoms with Crippen LogP contribution in [-0.4, -0.2) is 156 Å². The molecule has 2 saturated heterocycles. The van der Waals surface area contributed by atoms with E-state index in [-0.39, 0.29) is 122 Å². The minimum Gasteiger partial charge on any atom is -0.662 e. The summed E-state index contributed by atoms with van der Waals surface area (Å²) in [5, 5.41) is 9.66. The number of aldehydes is 1. The van der Waals surface area contributed by atoms with E-state index in [0.717, 1.165) is 70.7 Å². The molecule has 7 rings (SSSR count). The van der Waals surface area contributed by atoms with Crippen molar-refractivity contribution >= 4 is 118 Å². The summed E-state index contributed by atoms with van der Waals surface area (Å²) < 4.78 is 77.2. The zero-order chi connectivity index (χ0) is 90.6. The molecule has 36 heteroatoms. The Balaban J connectivity index is -0.000000139. The van der Waals surface area contributed by atoms with Crippen molar-refractivity contribution in [1.29, 1.82) is 0 Å². The Labute approximate surface area is 733 Å². The van der Waals surface area contributed by atoms with Crippen LogP contribution in [0.3, 0.4) is 0 Å². The van der Waals surface area contributed by atoms with Gasteiger partial charge in [0.2, 0.25) is 0 Å². The molecule has 2 aliphatic rings. The van der Waals surface area contributed by atoms with E-state index in [0.29, 0.717) is 16.7 Å². The van der Waals surface area contributed by atoms with Gasteiger partial charge in [-0.25, -0.2) is 18.0 Å². The van der Waals surface area contributed by atoms with Crippen molar-refractivity contribution in [1.82, 2.24) is 14.1 Å². The Morgan fingerprint density at radius 3 is 1.32 bits per heavy atom. The third-order valence-corrected chi connectivity index (χ3v) is 15.5. The molecule has 2 aromatic carbocycles. The Morgan fingerprint density at radius 2 is 1.07 bits per heavy atom. The number of rotatable bonds is 13. The van der Waals surface area contributed by atoms with Gasteiger partial charge < -0.3 is 60.8 Å². The number of aromatic amines is 1. The van der Waals surface area contributed by atoms with Crippen LogP contribution in [0.15, 0.2) is 105 Å². The number of nitrogens with one attached hydrogen (secondary N) is 1. The van der Waals surface area contributed by atoms with Gasteiger partial charge in [-0.2, -0.15) is 53.2 Å². The first kappa shape index (κ1) is 129. The van der Waals surface area contributed by atoms with Crippen molar-refractivity contribution in [2.45, 2.75) is 244 Å². The molecule has 5 heterocycles. The monoisotopic (exact) mass is 1740 g/mol. The SMILES string of the molecule is C1CCOC1.CC(C)C=O.CCN=CC(C)C.COC(=O)CN.Cc1cc(B2OC(C)(C)C(C)(C)O2)c(C(C)C)n1C(=O)OC(C)(C)C.Cc1cc(Br)c(C(C)C)n1C(=O)OC(C)(C)C.Cc1ccc(C(C)C)[nH]1.O=C=O.O=C=O.O=C=O.O=C=O.O=CO[O-].O=S(=O)(/C=C/c1ccccc1)c1ccccc1.O=S=O.[CH2-]CCC.[Li+].[Na+]. The molecule has 116 heavy (non-hydrogen) atoms. The summed E-state index contributed by atoms with van der Waals surface area (Å²) in [6, 6.07) is 25.9. The third-order valence-electron chi connectivity index (χ3n) is 13.4. The fourth-order valence-electron chi connectivity index (χ4n) is 7.88. The summed E-state index contributed by atoms with van der Waals surface area (Å²) in [5.41, 5.74) is 10.8. The number of halogens is 1. The van der Waals surface area contributed by atoms with Crippen LogP contribution < -0.4 is 64.9 Å². The van der Waals surface area contributed by atoms with Gasteiger partial charge in [-0.1, -0.05) is 131 Å². The number of H-pyrrole nitrogens is 1. The topological polar surface area (TPSA) is 442 Å². The first-order valence-corrected chi connectivity index (χ1v) is 38.8. The molecule has 0 atom stereocenters. The van der Waals surface area contributed by atoms with Gasteiger partial charge in [0, 0.05) is 81.4 Å². The van der Waals surface area contributed by atoms with Crippen molar-refractivity contribution in [2.75, 3.05) is 33.4 Å². The van der Waals surface area contributed by atoms with Crippen molar-refractivity contribution in [2.24, 2.45) is 22.6 Å². The molecule has 0 bridgehead atoms. The van der Waals surface area contributed by atoms with E-state index in [4.69, 9.17) is 86.1 Å². The maximum absolute atomic E-state index is 12.7. The van der Waals surface area contributed by atoms with E-state index >= 15 is 0 Å². The standard InChI is InChI=1S/C19H32BNO4.C14H12O2S.C13H20BrNO2.C8H13N.C6H13N.2C4H8O.C4H9.C3H7NO2.CH2O3.4CO2.Li.Na.O2S/c1-12(2)15-14(20-24-18(7,8)19(9,10)25-20)11-13(3)21(15)16(22)23-17(4,5)6;15-17(16,14-9-5-2-6-10-14)12-11-13-7-3-1-4-8-13;1-8(2)11-10(14)7-9(3)15(11)12(16)17-13(4,5)6;1-6(2)8-5-4-7(3)9-8;1-4-7-5-6(2)3;1-2-4-5-3-1;1-4(2)3-5;1-3-4-2;1-6-3(5)2-4;2-1-4-3;4*2-1-3;;;1-3-2/h11-12H,1-10H3;1-12H;7-8H,1-6H3;4-6,9H,1-3H3;5-6H,4H2,1-3H3;1-4H2;3-4H,1-2H3;1,3-4H2,2H3;2,4H2,1H3;1,3H;;;;;;;/q;;;;;;;-1;;;;;;;2*+1;/p-1/b;12-11+;;;;;;;;;;;;;;;. The number of nitrogens with two attached hydrogens (primary N) is 1. The number of carbonyl (C=O) groups is 5. The minimum absolute atomic E-state index is 0. The Kier molecular flexibility index (Phi) is 84.8. The average molecular weight is 1740 g/mol. The summed E-state index contributed by atoms with van der Waals surface area (Å²) in [4.78, 5) is 128. The fraction of sp³-hybridized carbons (Fsp3) is 0.537. The molecule has 3 N–H and O–H groups in total. The van der Waals surface area contributed by atoms with Crippen LogP contribution in [0, 0.1) is 39.5 Å². The van der Waals surface area contributed by atoms with E-state index in [1.807, 2.05) is 153 Å². The predicted octanol–water partition coefficient (Wildman–Crippen LogP) is 7.59. The number of ether oxygens (including phenoxy) is 4. The largest absolute Gasteiger partial charge is 1.00 e.